The topological polar surface area (TPSA) is 41.1 Å². The lowest BCUT2D eigenvalue weighted by atomic mass is 9.95. The van der Waals surface area contributed by atoms with Gasteiger partial charge in [0.2, 0.25) is 0 Å². The maximum absolute atomic E-state index is 12.4. The molecule has 3 rings (SSSR count). The smallest absolute Gasteiger partial charge is 0.251 e. The average molecular weight is 258 g/mol. The normalized spacial score (nSPS) is 19.6. The van der Waals surface area contributed by atoms with Crippen LogP contribution in [0.5, 0.6) is 0 Å². The Hall–Kier alpha value is -1.35. The summed E-state index contributed by atoms with van der Waals surface area (Å²) in [7, 11) is 0. The van der Waals surface area contributed by atoms with E-state index in [4.69, 9.17) is 0 Å². The molecule has 3 heteroatoms. The Balaban J connectivity index is 1.73. The maximum Gasteiger partial charge on any atom is 0.251 e. The largest absolute Gasteiger partial charge is 0.351 e. The van der Waals surface area contributed by atoms with E-state index in [0.29, 0.717) is 5.41 Å². The van der Waals surface area contributed by atoms with Crippen LogP contribution >= 0.6 is 0 Å². The van der Waals surface area contributed by atoms with Crippen LogP contribution in [0.2, 0.25) is 0 Å². The molecule has 19 heavy (non-hydrogen) atoms. The summed E-state index contributed by atoms with van der Waals surface area (Å²) in [4.78, 5) is 12.4. The molecule has 0 aromatic heterocycles. The quantitative estimate of drug-likeness (QED) is 0.869. The van der Waals surface area contributed by atoms with Crippen LogP contribution in [0.3, 0.4) is 0 Å². The number of hydrogen-bond acceptors (Lipinski definition) is 2. The Kier molecular flexibility index (Phi) is 3.31. The molecular formula is C16H22N2O. The van der Waals surface area contributed by atoms with Gasteiger partial charge in [-0.1, -0.05) is 19.1 Å². The first-order valence-corrected chi connectivity index (χ1v) is 7.34. The van der Waals surface area contributed by atoms with Crippen LogP contribution < -0.4 is 10.6 Å². The molecule has 1 fully saturated rings. The summed E-state index contributed by atoms with van der Waals surface area (Å²) in [5.74, 6) is 0.110. The number of amides is 1. The number of nitrogens with one attached hydrogen (secondary N) is 2. The summed E-state index contributed by atoms with van der Waals surface area (Å²) in [6.07, 6.45) is 4.66. The van der Waals surface area contributed by atoms with Crippen LogP contribution in [0.1, 0.15) is 47.7 Å². The van der Waals surface area contributed by atoms with Gasteiger partial charge < -0.3 is 10.6 Å². The summed E-state index contributed by atoms with van der Waals surface area (Å²) in [6, 6.07) is 6.07. The third-order valence-corrected chi connectivity index (χ3v) is 4.72. The Bertz CT molecular complexity index is 492. The monoisotopic (exact) mass is 258 g/mol. The first kappa shape index (κ1) is 12.7. The van der Waals surface area contributed by atoms with Crippen molar-refractivity contribution in [3.8, 4) is 0 Å². The van der Waals surface area contributed by atoms with Crippen molar-refractivity contribution in [3.05, 3.63) is 34.9 Å². The van der Waals surface area contributed by atoms with Crippen molar-refractivity contribution in [2.45, 2.75) is 39.2 Å². The highest BCUT2D eigenvalue weighted by Gasteiger charge is 2.40. The zero-order valence-electron chi connectivity index (χ0n) is 11.6. The fourth-order valence-electron chi connectivity index (χ4n) is 2.94. The van der Waals surface area contributed by atoms with Crippen LogP contribution in [0, 0.1) is 5.41 Å². The zero-order chi connectivity index (χ0) is 13.3. The van der Waals surface area contributed by atoms with E-state index < -0.39 is 0 Å². The lowest BCUT2D eigenvalue weighted by Gasteiger charge is -2.20. The molecule has 1 amide bonds. The predicted molar refractivity (Wildman–Crippen MR) is 76.1 cm³/mol. The fourth-order valence-corrected chi connectivity index (χ4v) is 2.94. The molecule has 1 heterocycles. The first-order chi connectivity index (χ1) is 9.24. The Morgan fingerprint density at radius 1 is 1.42 bits per heavy atom. The van der Waals surface area contributed by atoms with Gasteiger partial charge in [0.15, 0.2) is 0 Å². The maximum atomic E-state index is 12.4. The van der Waals surface area contributed by atoms with Gasteiger partial charge in [-0.15, -0.1) is 0 Å². The Morgan fingerprint density at radius 2 is 2.26 bits per heavy atom. The molecule has 1 aliphatic carbocycles. The minimum Gasteiger partial charge on any atom is -0.351 e. The van der Waals surface area contributed by atoms with Crippen molar-refractivity contribution in [2.75, 3.05) is 13.1 Å². The zero-order valence-corrected chi connectivity index (χ0v) is 11.6. The summed E-state index contributed by atoms with van der Waals surface area (Å²) in [5.41, 5.74) is 3.80. The van der Waals surface area contributed by atoms with Crippen molar-refractivity contribution in [1.82, 2.24) is 10.6 Å². The van der Waals surface area contributed by atoms with Crippen molar-refractivity contribution in [2.24, 2.45) is 5.41 Å². The van der Waals surface area contributed by atoms with Crippen LogP contribution in [-0.2, 0) is 13.0 Å². The number of benzene rings is 1. The van der Waals surface area contributed by atoms with Crippen LogP contribution in [0.15, 0.2) is 18.2 Å². The van der Waals surface area contributed by atoms with E-state index in [9.17, 15) is 4.79 Å². The molecule has 0 spiro atoms. The summed E-state index contributed by atoms with van der Waals surface area (Å²) in [6.45, 7) is 4.91. The van der Waals surface area contributed by atoms with Crippen molar-refractivity contribution >= 4 is 5.91 Å². The second kappa shape index (κ2) is 4.97. The molecule has 1 aliphatic heterocycles. The molecule has 0 radical (unpaired) electrons. The number of rotatable bonds is 4. The van der Waals surface area contributed by atoms with E-state index >= 15 is 0 Å². The molecule has 1 saturated carbocycles. The molecular weight excluding hydrogens is 236 g/mol. The molecule has 1 aromatic carbocycles. The molecule has 0 atom stereocenters. The summed E-state index contributed by atoms with van der Waals surface area (Å²) in [5, 5.41) is 6.49. The van der Waals surface area contributed by atoms with E-state index in [1.807, 2.05) is 12.1 Å². The number of hydrogen-bond donors (Lipinski definition) is 2. The molecule has 102 valence electrons. The molecule has 0 bridgehead atoms. The van der Waals surface area contributed by atoms with E-state index in [0.717, 1.165) is 31.6 Å². The fraction of sp³-hybridized carbons (Fsp3) is 0.562. The van der Waals surface area contributed by atoms with Gasteiger partial charge in [-0.2, -0.15) is 0 Å². The number of fused-ring (bicyclic) bond motifs is 1. The minimum atomic E-state index is 0.110. The highest BCUT2D eigenvalue weighted by atomic mass is 16.1. The molecule has 3 nitrogen and oxygen atoms in total. The second-order valence-corrected chi connectivity index (χ2v) is 5.91. The van der Waals surface area contributed by atoms with E-state index in [1.165, 1.54) is 30.4 Å². The Morgan fingerprint density at radius 3 is 3.00 bits per heavy atom. The highest BCUT2D eigenvalue weighted by Crippen LogP contribution is 2.47. The first-order valence-electron chi connectivity index (χ1n) is 7.34. The van der Waals surface area contributed by atoms with Crippen LogP contribution in [0.4, 0.5) is 0 Å². The van der Waals surface area contributed by atoms with Gasteiger partial charge in [0.25, 0.3) is 5.91 Å². The van der Waals surface area contributed by atoms with Gasteiger partial charge in [0, 0.05) is 18.7 Å². The van der Waals surface area contributed by atoms with E-state index in [1.54, 1.807) is 0 Å². The summed E-state index contributed by atoms with van der Waals surface area (Å²) >= 11 is 0. The average Bonchev–Trinajstić information content (AvgIpc) is 3.25. The summed E-state index contributed by atoms with van der Waals surface area (Å²) < 4.78 is 0. The van der Waals surface area contributed by atoms with Crippen molar-refractivity contribution < 1.29 is 4.79 Å². The van der Waals surface area contributed by atoms with Gasteiger partial charge in [0.05, 0.1) is 0 Å². The standard InChI is InChI=1S/C16H22N2O/c1-2-16(7-8-16)11-18-15(19)14-5-3-4-12-10-17-9-6-13(12)14/h3-5,17H,2,6-11H2,1H3,(H,18,19). The third-order valence-electron chi connectivity index (χ3n) is 4.72. The Labute approximate surface area is 114 Å². The minimum absolute atomic E-state index is 0.110. The predicted octanol–water partition coefficient (Wildman–Crippen LogP) is 2.25. The number of carbonyl (C=O) groups is 1. The van der Waals surface area contributed by atoms with Crippen molar-refractivity contribution in [3.63, 3.8) is 0 Å². The van der Waals surface area contributed by atoms with E-state index in [2.05, 4.69) is 23.6 Å². The molecule has 0 saturated heterocycles. The van der Waals surface area contributed by atoms with Gasteiger partial charge in [-0.05, 0) is 54.8 Å². The van der Waals surface area contributed by atoms with Crippen molar-refractivity contribution in [1.29, 1.82) is 0 Å². The lowest BCUT2D eigenvalue weighted by Crippen LogP contribution is -2.32. The van der Waals surface area contributed by atoms with Gasteiger partial charge in [-0.3, -0.25) is 4.79 Å². The van der Waals surface area contributed by atoms with E-state index in [-0.39, 0.29) is 5.91 Å². The molecule has 2 aliphatic rings. The van der Waals surface area contributed by atoms with Gasteiger partial charge >= 0.3 is 0 Å². The lowest BCUT2D eigenvalue weighted by molar-refractivity contribution is 0.0943. The molecule has 0 unspecified atom stereocenters. The van der Waals surface area contributed by atoms with Gasteiger partial charge in [0.1, 0.15) is 0 Å². The third kappa shape index (κ3) is 2.52. The van der Waals surface area contributed by atoms with Crippen LogP contribution in [0.25, 0.3) is 0 Å². The molecule has 1 aromatic rings. The van der Waals surface area contributed by atoms with Crippen LogP contribution in [-0.4, -0.2) is 19.0 Å². The SMILES string of the molecule is CCC1(CNC(=O)c2cccc3c2CCNC3)CC1. The van der Waals surface area contributed by atoms with Gasteiger partial charge in [-0.25, -0.2) is 0 Å². The molecule has 2 N–H and O–H groups in total. The number of carbonyl (C=O) groups excluding carboxylic acids is 1. The highest BCUT2D eigenvalue weighted by molar-refractivity contribution is 5.96. The second-order valence-electron chi connectivity index (χ2n) is 5.91.